The highest BCUT2D eigenvalue weighted by molar-refractivity contribution is 7.93. The number of carbonyl (C=O) groups excluding carboxylic acids is 3. The standard InChI is InChI=1S/C21H34N2O6S2/c1-13(2)10-14(17(24)11-16(20(26)22-6)21(3,4)5)15(19(25)23-27)12-31(28,29)18-8-7-9-30-18/h7-9,13-16,27H,10-12H2,1-6H3,(H,22,26)(H,23,25)/t14-,15+,16-/m1/s1. The van der Waals surface area contributed by atoms with E-state index in [1.807, 2.05) is 34.6 Å². The van der Waals surface area contributed by atoms with Crippen LogP contribution in [0.15, 0.2) is 21.7 Å². The summed E-state index contributed by atoms with van der Waals surface area (Å²) >= 11 is 1.03. The van der Waals surface area contributed by atoms with E-state index in [1.165, 1.54) is 18.6 Å². The lowest BCUT2D eigenvalue weighted by molar-refractivity contribution is -0.141. The molecule has 10 heteroatoms. The van der Waals surface area contributed by atoms with Gasteiger partial charge < -0.3 is 5.32 Å². The molecule has 0 aliphatic carbocycles. The predicted octanol–water partition coefficient (Wildman–Crippen LogP) is 2.67. The second-order valence-corrected chi connectivity index (χ2v) is 12.4. The van der Waals surface area contributed by atoms with Crippen LogP contribution in [0.3, 0.4) is 0 Å². The quantitative estimate of drug-likeness (QED) is 0.334. The molecule has 8 nitrogen and oxygen atoms in total. The molecule has 1 aromatic rings. The van der Waals surface area contributed by atoms with Gasteiger partial charge in [-0.3, -0.25) is 19.6 Å². The molecular formula is C21H34N2O6S2. The molecule has 0 unspecified atom stereocenters. The van der Waals surface area contributed by atoms with Gasteiger partial charge in [0.15, 0.2) is 9.84 Å². The van der Waals surface area contributed by atoms with Crippen molar-refractivity contribution in [1.29, 1.82) is 0 Å². The molecule has 0 radical (unpaired) electrons. The number of ketones is 1. The molecule has 0 aromatic carbocycles. The summed E-state index contributed by atoms with van der Waals surface area (Å²) < 4.78 is 25.8. The van der Waals surface area contributed by atoms with E-state index in [-0.39, 0.29) is 34.7 Å². The fourth-order valence-electron chi connectivity index (χ4n) is 3.56. The molecular weight excluding hydrogens is 440 g/mol. The Balaban J connectivity index is 3.33. The molecule has 1 aromatic heterocycles. The van der Waals surface area contributed by atoms with E-state index in [0.717, 1.165) is 11.3 Å². The minimum atomic E-state index is -3.85. The Labute approximate surface area is 188 Å². The first-order chi connectivity index (χ1) is 14.2. The minimum Gasteiger partial charge on any atom is -0.359 e. The molecule has 1 heterocycles. The Hall–Kier alpha value is -1.78. The van der Waals surface area contributed by atoms with E-state index in [0.29, 0.717) is 0 Å². The van der Waals surface area contributed by atoms with E-state index in [4.69, 9.17) is 0 Å². The van der Waals surface area contributed by atoms with Crippen LogP contribution in [0.5, 0.6) is 0 Å². The van der Waals surface area contributed by atoms with Crippen molar-refractivity contribution >= 4 is 38.8 Å². The van der Waals surface area contributed by atoms with Crippen molar-refractivity contribution in [3.63, 3.8) is 0 Å². The number of hydrogen-bond acceptors (Lipinski definition) is 7. The lowest BCUT2D eigenvalue weighted by Gasteiger charge is -2.32. The van der Waals surface area contributed by atoms with Gasteiger partial charge in [-0.25, -0.2) is 13.9 Å². The topological polar surface area (TPSA) is 130 Å². The van der Waals surface area contributed by atoms with E-state index in [2.05, 4.69) is 5.32 Å². The number of Topliss-reactive ketones (excluding diaryl/α,β-unsaturated/α-hetero) is 1. The molecule has 0 fully saturated rings. The summed E-state index contributed by atoms with van der Waals surface area (Å²) in [7, 11) is -2.36. The number of hydroxylamine groups is 1. The molecule has 0 spiro atoms. The van der Waals surface area contributed by atoms with Crippen LogP contribution < -0.4 is 10.8 Å². The SMILES string of the molecule is CNC(=O)[C@@H](CC(=O)[C@H](CC(C)C)[C@H](CS(=O)(=O)c1cccs1)C(=O)NO)C(C)(C)C. The largest absolute Gasteiger partial charge is 0.359 e. The third-order valence-corrected chi connectivity index (χ3v) is 8.54. The van der Waals surface area contributed by atoms with Crippen LogP contribution >= 0.6 is 11.3 Å². The van der Waals surface area contributed by atoms with Gasteiger partial charge in [0, 0.05) is 25.3 Å². The van der Waals surface area contributed by atoms with Crippen molar-refractivity contribution in [3.8, 4) is 0 Å². The van der Waals surface area contributed by atoms with Crippen LogP contribution in [0.25, 0.3) is 0 Å². The van der Waals surface area contributed by atoms with Crippen molar-refractivity contribution in [3.05, 3.63) is 17.5 Å². The number of thiophene rings is 1. The Morgan fingerprint density at radius 3 is 2.16 bits per heavy atom. The summed E-state index contributed by atoms with van der Waals surface area (Å²) in [5, 5.41) is 13.5. The van der Waals surface area contributed by atoms with Gasteiger partial charge in [-0.15, -0.1) is 11.3 Å². The molecule has 0 aliphatic heterocycles. The summed E-state index contributed by atoms with van der Waals surface area (Å²) in [6.45, 7) is 9.26. The molecule has 0 bridgehead atoms. The zero-order valence-corrected chi connectivity index (χ0v) is 20.6. The smallest absolute Gasteiger partial charge is 0.248 e. The van der Waals surface area contributed by atoms with Crippen molar-refractivity contribution in [2.45, 2.75) is 51.7 Å². The van der Waals surface area contributed by atoms with Gasteiger partial charge in [-0.2, -0.15) is 0 Å². The van der Waals surface area contributed by atoms with Gasteiger partial charge in [0.25, 0.3) is 0 Å². The fraction of sp³-hybridized carbons (Fsp3) is 0.667. The normalized spacial score (nSPS) is 15.2. The number of carbonyl (C=O) groups is 3. The van der Waals surface area contributed by atoms with Crippen LogP contribution in [0, 0.1) is 29.1 Å². The number of sulfone groups is 1. The lowest BCUT2D eigenvalue weighted by Crippen LogP contribution is -2.44. The van der Waals surface area contributed by atoms with Crippen molar-refractivity contribution in [2.75, 3.05) is 12.8 Å². The van der Waals surface area contributed by atoms with E-state index < -0.39 is 44.7 Å². The first-order valence-electron chi connectivity index (χ1n) is 10.2. The Kier molecular flexibility index (Phi) is 9.84. The van der Waals surface area contributed by atoms with Gasteiger partial charge in [-0.05, 0) is 29.2 Å². The van der Waals surface area contributed by atoms with Gasteiger partial charge in [0.1, 0.15) is 9.99 Å². The molecule has 0 saturated carbocycles. The Morgan fingerprint density at radius 1 is 1.13 bits per heavy atom. The van der Waals surface area contributed by atoms with Crippen molar-refractivity contribution in [2.24, 2.45) is 29.1 Å². The fourth-order valence-corrected chi connectivity index (χ4v) is 6.28. The minimum absolute atomic E-state index is 0.0135. The van der Waals surface area contributed by atoms with Gasteiger partial charge in [0.2, 0.25) is 11.8 Å². The first kappa shape index (κ1) is 27.3. The highest BCUT2D eigenvalue weighted by Gasteiger charge is 2.41. The summed E-state index contributed by atoms with van der Waals surface area (Å²) in [5.74, 6) is -5.10. The third-order valence-electron chi connectivity index (χ3n) is 5.29. The average molecular weight is 475 g/mol. The lowest BCUT2D eigenvalue weighted by atomic mass is 9.73. The molecule has 31 heavy (non-hydrogen) atoms. The Bertz CT molecular complexity index is 857. The van der Waals surface area contributed by atoms with Crippen LogP contribution in [0.1, 0.15) is 47.5 Å². The molecule has 0 saturated heterocycles. The summed E-state index contributed by atoms with van der Waals surface area (Å²) in [6.07, 6.45) is 0.121. The second-order valence-electron chi connectivity index (χ2n) is 9.24. The van der Waals surface area contributed by atoms with Gasteiger partial charge >= 0.3 is 0 Å². The molecule has 3 atom stereocenters. The summed E-state index contributed by atoms with van der Waals surface area (Å²) in [5.41, 5.74) is 1.01. The first-order valence-corrected chi connectivity index (χ1v) is 12.7. The van der Waals surface area contributed by atoms with Crippen LogP contribution in [-0.4, -0.2) is 44.0 Å². The van der Waals surface area contributed by atoms with Crippen molar-refractivity contribution < 1.29 is 28.0 Å². The summed E-state index contributed by atoms with van der Waals surface area (Å²) in [4.78, 5) is 38.3. The maximum atomic E-state index is 13.4. The molecule has 2 amide bonds. The Morgan fingerprint density at radius 2 is 1.74 bits per heavy atom. The van der Waals surface area contributed by atoms with Crippen molar-refractivity contribution in [1.82, 2.24) is 10.8 Å². The number of rotatable bonds is 11. The highest BCUT2D eigenvalue weighted by Crippen LogP contribution is 2.34. The zero-order valence-electron chi connectivity index (χ0n) is 19.0. The second kappa shape index (κ2) is 11.2. The molecule has 1 rings (SSSR count). The van der Waals surface area contributed by atoms with Crippen LogP contribution in [-0.2, 0) is 24.2 Å². The monoisotopic (exact) mass is 474 g/mol. The average Bonchev–Trinajstić information content (AvgIpc) is 3.22. The maximum absolute atomic E-state index is 13.4. The van der Waals surface area contributed by atoms with Crippen LogP contribution in [0.4, 0.5) is 0 Å². The predicted molar refractivity (Wildman–Crippen MR) is 119 cm³/mol. The maximum Gasteiger partial charge on any atom is 0.248 e. The zero-order chi connectivity index (χ0) is 24.0. The number of hydrogen-bond donors (Lipinski definition) is 3. The summed E-state index contributed by atoms with van der Waals surface area (Å²) in [6, 6.07) is 3.03. The third kappa shape index (κ3) is 7.69. The van der Waals surface area contributed by atoms with Gasteiger partial charge in [-0.1, -0.05) is 40.7 Å². The molecule has 3 N–H and O–H groups in total. The van der Waals surface area contributed by atoms with Gasteiger partial charge in [0.05, 0.1) is 11.7 Å². The number of amides is 2. The molecule has 0 aliphatic rings. The van der Waals surface area contributed by atoms with E-state index >= 15 is 0 Å². The highest BCUT2D eigenvalue weighted by atomic mass is 32.2. The van der Waals surface area contributed by atoms with E-state index in [9.17, 15) is 28.0 Å². The van der Waals surface area contributed by atoms with Crippen LogP contribution in [0.2, 0.25) is 0 Å². The molecule has 176 valence electrons. The van der Waals surface area contributed by atoms with E-state index in [1.54, 1.807) is 11.4 Å². The number of nitrogens with one attached hydrogen (secondary N) is 2.